The maximum absolute atomic E-state index is 12.3. The van der Waals surface area contributed by atoms with Gasteiger partial charge in [0.15, 0.2) is 0 Å². The number of amides is 1. The summed E-state index contributed by atoms with van der Waals surface area (Å²) in [4.78, 5) is 12.3. The van der Waals surface area contributed by atoms with Crippen molar-refractivity contribution in [1.82, 2.24) is 5.32 Å². The molecule has 1 aromatic carbocycles. The van der Waals surface area contributed by atoms with Crippen molar-refractivity contribution in [3.63, 3.8) is 0 Å². The minimum atomic E-state index is -0.0374. The van der Waals surface area contributed by atoms with Gasteiger partial charge in [-0.1, -0.05) is 12.5 Å². The maximum atomic E-state index is 12.3. The van der Waals surface area contributed by atoms with Crippen LogP contribution in [0.3, 0.4) is 0 Å². The van der Waals surface area contributed by atoms with Crippen LogP contribution in [0, 0.1) is 5.92 Å². The first kappa shape index (κ1) is 14.9. The summed E-state index contributed by atoms with van der Waals surface area (Å²) in [6, 6.07) is 7.54. The maximum Gasteiger partial charge on any atom is 0.251 e. The Kier molecular flexibility index (Phi) is 5.01. The molecule has 0 aliphatic heterocycles. The van der Waals surface area contributed by atoms with Crippen LogP contribution in [0.15, 0.2) is 24.3 Å². The van der Waals surface area contributed by atoms with Gasteiger partial charge in [-0.2, -0.15) is 0 Å². The molecule has 0 radical (unpaired) electrons. The second-order valence-electron chi connectivity index (χ2n) is 5.70. The molecule has 1 aliphatic rings. The number of carbonyl (C=O) groups excluding carboxylic acids is 1. The fourth-order valence-electron chi connectivity index (χ4n) is 2.74. The molecule has 1 saturated carbocycles. The molecule has 110 valence electrons. The van der Waals surface area contributed by atoms with Gasteiger partial charge in [-0.15, -0.1) is 0 Å². The van der Waals surface area contributed by atoms with Crippen LogP contribution >= 0.6 is 0 Å². The van der Waals surface area contributed by atoms with E-state index in [0.717, 1.165) is 25.0 Å². The van der Waals surface area contributed by atoms with Crippen LogP contribution in [0.1, 0.15) is 43.5 Å². The molecule has 0 spiro atoms. The lowest BCUT2D eigenvalue weighted by Crippen LogP contribution is -2.39. The second-order valence-corrected chi connectivity index (χ2v) is 5.70. The van der Waals surface area contributed by atoms with Crippen LogP contribution in [-0.4, -0.2) is 24.6 Å². The number of nitrogens with two attached hydrogens (primary N) is 1. The fraction of sp³-hybridized carbons (Fsp3) is 0.562. The van der Waals surface area contributed by atoms with Crippen LogP contribution < -0.4 is 15.8 Å². The van der Waals surface area contributed by atoms with E-state index in [2.05, 4.69) is 5.32 Å². The Labute approximate surface area is 120 Å². The summed E-state index contributed by atoms with van der Waals surface area (Å²) in [7, 11) is 0. The Morgan fingerprint density at radius 2 is 2.25 bits per heavy atom. The Bertz CT molecular complexity index is 460. The van der Waals surface area contributed by atoms with Crippen molar-refractivity contribution in [3.05, 3.63) is 29.8 Å². The SMILES string of the molecule is CC(C)Oc1cccc(C(=O)NC2CCCC2CN)c1. The van der Waals surface area contributed by atoms with Crippen LogP contribution in [0.5, 0.6) is 5.75 Å². The quantitative estimate of drug-likeness (QED) is 0.867. The van der Waals surface area contributed by atoms with E-state index in [4.69, 9.17) is 10.5 Å². The van der Waals surface area contributed by atoms with Gasteiger partial charge in [0, 0.05) is 11.6 Å². The molecular formula is C16H24N2O2. The average Bonchev–Trinajstić information content (AvgIpc) is 2.85. The molecule has 3 N–H and O–H groups in total. The number of hydrogen-bond acceptors (Lipinski definition) is 3. The molecule has 0 bridgehead atoms. The molecule has 0 heterocycles. The van der Waals surface area contributed by atoms with Gasteiger partial charge in [-0.25, -0.2) is 0 Å². The van der Waals surface area contributed by atoms with Crippen LogP contribution in [-0.2, 0) is 0 Å². The van der Waals surface area contributed by atoms with Crippen molar-refractivity contribution in [1.29, 1.82) is 0 Å². The summed E-state index contributed by atoms with van der Waals surface area (Å²) < 4.78 is 5.62. The van der Waals surface area contributed by atoms with Crippen molar-refractivity contribution in [2.45, 2.75) is 45.3 Å². The molecule has 1 aliphatic carbocycles. The second kappa shape index (κ2) is 6.75. The standard InChI is InChI=1S/C16H24N2O2/c1-11(2)20-14-7-3-5-12(9-14)16(19)18-15-8-4-6-13(15)10-17/h3,5,7,9,11,13,15H,4,6,8,10,17H2,1-2H3,(H,18,19). The number of hydrogen-bond donors (Lipinski definition) is 2. The summed E-state index contributed by atoms with van der Waals surface area (Å²) in [5.41, 5.74) is 6.39. The third kappa shape index (κ3) is 3.73. The predicted octanol–water partition coefficient (Wildman–Crippen LogP) is 2.33. The molecule has 2 unspecified atom stereocenters. The van der Waals surface area contributed by atoms with Crippen LogP contribution in [0.25, 0.3) is 0 Å². The Morgan fingerprint density at radius 3 is 2.95 bits per heavy atom. The Balaban J connectivity index is 2.01. The number of nitrogens with one attached hydrogen (secondary N) is 1. The van der Waals surface area contributed by atoms with Gasteiger partial charge in [0.25, 0.3) is 5.91 Å². The molecule has 2 atom stereocenters. The molecule has 4 nitrogen and oxygen atoms in total. The predicted molar refractivity (Wildman–Crippen MR) is 79.9 cm³/mol. The first-order chi connectivity index (χ1) is 9.60. The molecule has 1 amide bonds. The fourth-order valence-corrected chi connectivity index (χ4v) is 2.74. The first-order valence-electron chi connectivity index (χ1n) is 7.38. The smallest absolute Gasteiger partial charge is 0.251 e. The third-order valence-electron chi connectivity index (χ3n) is 3.75. The van der Waals surface area contributed by atoms with Crippen LogP contribution in [0.4, 0.5) is 0 Å². The number of benzene rings is 1. The Morgan fingerprint density at radius 1 is 1.45 bits per heavy atom. The highest BCUT2D eigenvalue weighted by molar-refractivity contribution is 5.94. The van der Waals surface area contributed by atoms with Crippen molar-refractivity contribution in [2.24, 2.45) is 11.7 Å². The molecule has 1 fully saturated rings. The monoisotopic (exact) mass is 276 g/mol. The van der Waals surface area contributed by atoms with Crippen molar-refractivity contribution in [3.8, 4) is 5.75 Å². The summed E-state index contributed by atoms with van der Waals surface area (Å²) >= 11 is 0. The van der Waals surface area contributed by atoms with Gasteiger partial charge in [0.05, 0.1) is 6.10 Å². The van der Waals surface area contributed by atoms with Gasteiger partial charge in [0.2, 0.25) is 0 Å². The zero-order chi connectivity index (χ0) is 14.5. The van der Waals surface area contributed by atoms with Crippen molar-refractivity contribution in [2.75, 3.05) is 6.54 Å². The molecule has 1 aromatic rings. The summed E-state index contributed by atoms with van der Waals surface area (Å²) in [6.45, 7) is 4.58. The molecular weight excluding hydrogens is 252 g/mol. The van der Waals surface area contributed by atoms with Gasteiger partial charge in [0.1, 0.15) is 5.75 Å². The normalized spacial score (nSPS) is 22.0. The van der Waals surface area contributed by atoms with Gasteiger partial charge >= 0.3 is 0 Å². The minimum Gasteiger partial charge on any atom is -0.491 e. The third-order valence-corrected chi connectivity index (χ3v) is 3.75. The minimum absolute atomic E-state index is 0.0374. The molecule has 0 aromatic heterocycles. The topological polar surface area (TPSA) is 64.3 Å². The van der Waals surface area contributed by atoms with E-state index in [-0.39, 0.29) is 18.1 Å². The number of carbonyl (C=O) groups is 1. The lowest BCUT2D eigenvalue weighted by atomic mass is 10.0. The van der Waals surface area contributed by atoms with E-state index in [1.54, 1.807) is 6.07 Å². The van der Waals surface area contributed by atoms with E-state index in [1.165, 1.54) is 0 Å². The highest BCUT2D eigenvalue weighted by Crippen LogP contribution is 2.25. The lowest BCUT2D eigenvalue weighted by Gasteiger charge is -2.19. The van der Waals surface area contributed by atoms with Crippen LogP contribution in [0.2, 0.25) is 0 Å². The first-order valence-corrected chi connectivity index (χ1v) is 7.38. The van der Waals surface area contributed by atoms with E-state index < -0.39 is 0 Å². The molecule has 20 heavy (non-hydrogen) atoms. The van der Waals surface area contributed by atoms with Gasteiger partial charge in [-0.3, -0.25) is 4.79 Å². The lowest BCUT2D eigenvalue weighted by molar-refractivity contribution is 0.0928. The Hall–Kier alpha value is -1.55. The highest BCUT2D eigenvalue weighted by Gasteiger charge is 2.27. The van der Waals surface area contributed by atoms with Crippen molar-refractivity contribution >= 4 is 5.91 Å². The molecule has 2 rings (SSSR count). The number of ether oxygens (including phenoxy) is 1. The highest BCUT2D eigenvalue weighted by atomic mass is 16.5. The summed E-state index contributed by atoms with van der Waals surface area (Å²) in [5, 5.41) is 3.10. The van der Waals surface area contributed by atoms with E-state index in [0.29, 0.717) is 18.0 Å². The zero-order valence-electron chi connectivity index (χ0n) is 12.3. The van der Waals surface area contributed by atoms with E-state index in [9.17, 15) is 4.79 Å². The van der Waals surface area contributed by atoms with Gasteiger partial charge in [-0.05, 0) is 57.4 Å². The van der Waals surface area contributed by atoms with Gasteiger partial charge < -0.3 is 15.8 Å². The van der Waals surface area contributed by atoms with Crippen molar-refractivity contribution < 1.29 is 9.53 Å². The average molecular weight is 276 g/mol. The summed E-state index contributed by atoms with van der Waals surface area (Å²) in [5.74, 6) is 1.10. The largest absolute Gasteiger partial charge is 0.491 e. The number of rotatable bonds is 5. The van der Waals surface area contributed by atoms with E-state index in [1.807, 2.05) is 32.0 Å². The van der Waals surface area contributed by atoms with E-state index >= 15 is 0 Å². The molecule has 4 heteroatoms. The zero-order valence-corrected chi connectivity index (χ0v) is 12.3. The summed E-state index contributed by atoms with van der Waals surface area (Å²) in [6.07, 6.45) is 3.38. The molecule has 0 saturated heterocycles.